The Bertz CT molecular complexity index is 931. The molecule has 1 saturated heterocycles. The molecule has 7 heteroatoms. The van der Waals surface area contributed by atoms with Gasteiger partial charge < -0.3 is 19.4 Å². The molecule has 1 N–H and O–H groups in total. The number of nitrogens with one attached hydrogen (secondary N) is 1. The first-order valence-corrected chi connectivity index (χ1v) is 10.9. The van der Waals surface area contributed by atoms with Crippen molar-refractivity contribution in [2.75, 3.05) is 13.1 Å². The average Bonchev–Trinajstić information content (AvgIpc) is 3.34. The van der Waals surface area contributed by atoms with E-state index in [0.29, 0.717) is 31.7 Å². The molecule has 1 fully saturated rings. The second-order valence-corrected chi connectivity index (χ2v) is 8.28. The summed E-state index contributed by atoms with van der Waals surface area (Å²) < 4.78 is 10.6. The molecule has 1 aromatic heterocycles. The zero-order chi connectivity index (χ0) is 21.8. The van der Waals surface area contributed by atoms with Crippen LogP contribution in [0.5, 0.6) is 0 Å². The molecule has 1 aliphatic heterocycles. The Morgan fingerprint density at radius 1 is 1.10 bits per heavy atom. The summed E-state index contributed by atoms with van der Waals surface area (Å²) in [4.78, 5) is 39.3. The summed E-state index contributed by atoms with van der Waals surface area (Å²) in [5.41, 5.74) is 2.41. The predicted octanol–water partition coefficient (Wildman–Crippen LogP) is 3.26. The Labute approximate surface area is 181 Å². The highest BCUT2D eigenvalue weighted by molar-refractivity contribution is 5.91. The van der Waals surface area contributed by atoms with E-state index in [4.69, 9.17) is 9.15 Å². The van der Waals surface area contributed by atoms with Gasteiger partial charge in [0.1, 0.15) is 0 Å². The molecule has 0 bridgehead atoms. The van der Waals surface area contributed by atoms with Gasteiger partial charge in [0.2, 0.25) is 0 Å². The summed E-state index contributed by atoms with van der Waals surface area (Å²) >= 11 is 0. The highest BCUT2D eigenvalue weighted by Gasteiger charge is 2.32. The molecule has 2 atom stereocenters. The van der Waals surface area contributed by atoms with E-state index in [1.54, 1.807) is 24.0 Å². The Morgan fingerprint density at radius 3 is 2.61 bits per heavy atom. The molecule has 164 valence electrons. The fourth-order valence-corrected chi connectivity index (χ4v) is 4.39. The number of likely N-dealkylation sites (tertiary alicyclic amines) is 1. The molecule has 2 amide bonds. The van der Waals surface area contributed by atoms with Gasteiger partial charge in [0.25, 0.3) is 11.8 Å². The van der Waals surface area contributed by atoms with Crippen LogP contribution in [0.2, 0.25) is 0 Å². The SMILES string of the molecule is C[C@@H](OC(=O)C1CCN(C(=O)c2ccco2)CC1)C(=O)N[C@@H]1CCCc2ccccc21. The van der Waals surface area contributed by atoms with Gasteiger partial charge in [0.05, 0.1) is 18.2 Å². The van der Waals surface area contributed by atoms with Crippen LogP contribution in [0, 0.1) is 5.92 Å². The van der Waals surface area contributed by atoms with Crippen molar-refractivity contribution in [1.82, 2.24) is 10.2 Å². The van der Waals surface area contributed by atoms with Gasteiger partial charge in [0.15, 0.2) is 11.9 Å². The summed E-state index contributed by atoms with van der Waals surface area (Å²) in [5.74, 6) is -0.837. The van der Waals surface area contributed by atoms with E-state index in [9.17, 15) is 14.4 Å². The summed E-state index contributed by atoms with van der Waals surface area (Å²) in [6.07, 6.45) is 4.55. The number of carbonyl (C=O) groups is 3. The Balaban J connectivity index is 1.26. The Hall–Kier alpha value is -3.09. The van der Waals surface area contributed by atoms with Gasteiger partial charge in [-0.15, -0.1) is 0 Å². The molecule has 7 nitrogen and oxygen atoms in total. The number of hydrogen-bond donors (Lipinski definition) is 1. The molecule has 0 saturated carbocycles. The predicted molar refractivity (Wildman–Crippen MR) is 113 cm³/mol. The number of ether oxygens (including phenoxy) is 1. The van der Waals surface area contributed by atoms with Gasteiger partial charge >= 0.3 is 5.97 Å². The number of benzene rings is 1. The van der Waals surface area contributed by atoms with Gasteiger partial charge in [0, 0.05) is 13.1 Å². The maximum absolute atomic E-state index is 12.7. The molecule has 31 heavy (non-hydrogen) atoms. The van der Waals surface area contributed by atoms with Crippen molar-refractivity contribution in [1.29, 1.82) is 0 Å². The Kier molecular flexibility index (Phi) is 6.39. The highest BCUT2D eigenvalue weighted by atomic mass is 16.5. The molecule has 0 radical (unpaired) electrons. The number of fused-ring (bicyclic) bond motifs is 1. The molecule has 2 aromatic rings. The first-order chi connectivity index (χ1) is 15.0. The molecule has 0 spiro atoms. The third-order valence-electron chi connectivity index (χ3n) is 6.20. The van der Waals surface area contributed by atoms with E-state index in [1.807, 2.05) is 18.2 Å². The third-order valence-corrected chi connectivity index (χ3v) is 6.20. The van der Waals surface area contributed by atoms with Crippen molar-refractivity contribution in [3.05, 3.63) is 59.5 Å². The van der Waals surface area contributed by atoms with Gasteiger partial charge in [-0.05, 0) is 62.3 Å². The van der Waals surface area contributed by atoms with Crippen molar-refractivity contribution in [3.8, 4) is 0 Å². The van der Waals surface area contributed by atoms with Crippen LogP contribution in [0.15, 0.2) is 47.1 Å². The second kappa shape index (κ2) is 9.37. The largest absolute Gasteiger partial charge is 0.459 e. The number of nitrogens with zero attached hydrogens (tertiary/aromatic N) is 1. The zero-order valence-electron chi connectivity index (χ0n) is 17.7. The lowest BCUT2D eigenvalue weighted by Gasteiger charge is -2.31. The number of furan rings is 1. The lowest BCUT2D eigenvalue weighted by atomic mass is 9.87. The number of piperidine rings is 1. The standard InChI is InChI=1S/C24H28N2O5/c1-16(22(27)25-20-9-4-7-17-6-2-3-8-19(17)20)31-24(29)18-11-13-26(14-12-18)23(28)21-10-5-15-30-21/h2-3,5-6,8,10,15-16,18,20H,4,7,9,11-14H2,1H3,(H,25,27)/t16-,20-/m1/s1. The lowest BCUT2D eigenvalue weighted by Crippen LogP contribution is -2.43. The van der Waals surface area contributed by atoms with Gasteiger partial charge in [-0.3, -0.25) is 14.4 Å². The van der Waals surface area contributed by atoms with E-state index in [2.05, 4.69) is 11.4 Å². The second-order valence-electron chi connectivity index (χ2n) is 8.28. The van der Waals surface area contributed by atoms with Crippen molar-refractivity contribution in [3.63, 3.8) is 0 Å². The summed E-state index contributed by atoms with van der Waals surface area (Å²) in [6.45, 7) is 2.52. The molecule has 2 heterocycles. The van der Waals surface area contributed by atoms with Gasteiger partial charge in [-0.2, -0.15) is 0 Å². The molecule has 2 aliphatic rings. The van der Waals surface area contributed by atoms with Crippen LogP contribution >= 0.6 is 0 Å². The summed E-state index contributed by atoms with van der Waals surface area (Å²) in [7, 11) is 0. The van der Waals surface area contributed by atoms with Crippen molar-refractivity contribution < 1.29 is 23.5 Å². The van der Waals surface area contributed by atoms with Crippen LogP contribution in [0.1, 0.15) is 60.3 Å². The van der Waals surface area contributed by atoms with E-state index in [0.717, 1.165) is 24.8 Å². The van der Waals surface area contributed by atoms with Crippen LogP contribution < -0.4 is 5.32 Å². The Morgan fingerprint density at radius 2 is 1.87 bits per heavy atom. The highest BCUT2D eigenvalue weighted by Crippen LogP contribution is 2.29. The van der Waals surface area contributed by atoms with Crippen molar-refractivity contribution in [2.24, 2.45) is 5.92 Å². The monoisotopic (exact) mass is 424 g/mol. The summed E-state index contributed by atoms with van der Waals surface area (Å²) in [6, 6.07) is 11.4. The average molecular weight is 424 g/mol. The van der Waals surface area contributed by atoms with Crippen LogP contribution in [-0.4, -0.2) is 41.9 Å². The zero-order valence-corrected chi connectivity index (χ0v) is 17.7. The van der Waals surface area contributed by atoms with Crippen LogP contribution in [-0.2, 0) is 20.7 Å². The quantitative estimate of drug-likeness (QED) is 0.745. The minimum atomic E-state index is -0.857. The first-order valence-electron chi connectivity index (χ1n) is 10.9. The van der Waals surface area contributed by atoms with Crippen LogP contribution in [0.25, 0.3) is 0 Å². The van der Waals surface area contributed by atoms with Gasteiger partial charge in [-0.1, -0.05) is 24.3 Å². The van der Waals surface area contributed by atoms with E-state index >= 15 is 0 Å². The summed E-state index contributed by atoms with van der Waals surface area (Å²) in [5, 5.41) is 3.04. The van der Waals surface area contributed by atoms with E-state index in [-0.39, 0.29) is 29.7 Å². The number of esters is 1. The van der Waals surface area contributed by atoms with Crippen molar-refractivity contribution >= 4 is 17.8 Å². The smallest absolute Gasteiger partial charge is 0.309 e. The fraction of sp³-hybridized carbons (Fsp3) is 0.458. The number of carbonyl (C=O) groups excluding carboxylic acids is 3. The minimum Gasteiger partial charge on any atom is -0.459 e. The van der Waals surface area contributed by atoms with E-state index in [1.165, 1.54) is 11.8 Å². The van der Waals surface area contributed by atoms with Crippen LogP contribution in [0.3, 0.4) is 0 Å². The molecule has 1 aromatic carbocycles. The minimum absolute atomic E-state index is 0.0468. The third kappa shape index (κ3) is 4.81. The molecular weight excluding hydrogens is 396 g/mol. The topological polar surface area (TPSA) is 88.8 Å². The van der Waals surface area contributed by atoms with E-state index < -0.39 is 6.10 Å². The van der Waals surface area contributed by atoms with Crippen molar-refractivity contribution in [2.45, 2.75) is 51.2 Å². The number of hydrogen-bond acceptors (Lipinski definition) is 5. The molecule has 0 unspecified atom stereocenters. The number of rotatable bonds is 5. The molecular formula is C24H28N2O5. The van der Waals surface area contributed by atoms with Gasteiger partial charge in [-0.25, -0.2) is 0 Å². The normalized spacial score (nSPS) is 19.9. The maximum atomic E-state index is 12.7. The number of aryl methyl sites for hydroxylation is 1. The fourth-order valence-electron chi connectivity index (χ4n) is 4.39. The molecule has 1 aliphatic carbocycles. The van der Waals surface area contributed by atoms with Crippen LogP contribution in [0.4, 0.5) is 0 Å². The maximum Gasteiger partial charge on any atom is 0.309 e. The molecule has 4 rings (SSSR count). The lowest BCUT2D eigenvalue weighted by molar-refractivity contribution is -0.160. The first kappa shape index (κ1) is 21.2. The number of amides is 2.